The second-order valence-corrected chi connectivity index (χ2v) is 10.1. The van der Waals surface area contributed by atoms with Crippen LogP contribution in [0.15, 0.2) is 32.6 Å². The number of thioether (sulfide) groups is 1. The zero-order chi connectivity index (χ0) is 23.7. The minimum Gasteiger partial charge on any atom is -0.493 e. The molecular weight excluding hydrogens is 472 g/mol. The van der Waals surface area contributed by atoms with E-state index in [9.17, 15) is 4.79 Å². The molecule has 5 rings (SSSR count). The van der Waals surface area contributed by atoms with E-state index in [2.05, 4.69) is 10.2 Å². The standard InChI is InChI=1S/C24H26N4O4S2/c1-4-19-26-27-20(32-19)13-33-24-25-22-21(15-6-5-7-18(15)34-22)23(29)28(24)11-10-14-8-9-16(30-2)17(12-14)31-3/h8-9,12H,4-7,10-11,13H2,1-3H3. The molecule has 10 heteroatoms. The van der Waals surface area contributed by atoms with Gasteiger partial charge in [-0.2, -0.15) is 0 Å². The summed E-state index contributed by atoms with van der Waals surface area (Å²) in [5.74, 6) is 2.97. The van der Waals surface area contributed by atoms with Gasteiger partial charge in [0.1, 0.15) is 4.83 Å². The highest BCUT2D eigenvalue weighted by atomic mass is 32.2. The molecule has 0 unspecified atom stereocenters. The number of benzene rings is 1. The first-order chi connectivity index (χ1) is 16.6. The fraction of sp³-hybridized carbons (Fsp3) is 0.417. The van der Waals surface area contributed by atoms with Crippen LogP contribution in [0.3, 0.4) is 0 Å². The lowest BCUT2D eigenvalue weighted by molar-refractivity contribution is 0.354. The van der Waals surface area contributed by atoms with E-state index in [1.165, 1.54) is 22.2 Å². The molecular formula is C24H26N4O4S2. The van der Waals surface area contributed by atoms with Gasteiger partial charge in [-0.1, -0.05) is 24.8 Å². The Morgan fingerprint density at radius 1 is 1.15 bits per heavy atom. The molecule has 0 amide bonds. The third-order valence-corrected chi connectivity index (χ3v) is 8.14. The van der Waals surface area contributed by atoms with Crippen molar-refractivity contribution < 1.29 is 13.9 Å². The van der Waals surface area contributed by atoms with Crippen molar-refractivity contribution in [3.05, 3.63) is 56.3 Å². The van der Waals surface area contributed by atoms with Crippen molar-refractivity contribution in [1.29, 1.82) is 0 Å². The molecule has 0 spiro atoms. The molecule has 0 radical (unpaired) electrons. The predicted molar refractivity (Wildman–Crippen MR) is 132 cm³/mol. The van der Waals surface area contributed by atoms with E-state index in [0.29, 0.717) is 53.6 Å². The number of aryl methyl sites for hydroxylation is 4. The van der Waals surface area contributed by atoms with Crippen molar-refractivity contribution in [2.24, 2.45) is 0 Å². The number of ether oxygens (including phenoxy) is 2. The minimum absolute atomic E-state index is 0.0344. The molecule has 3 heterocycles. The smallest absolute Gasteiger partial charge is 0.263 e. The zero-order valence-corrected chi connectivity index (χ0v) is 21.1. The fourth-order valence-corrected chi connectivity index (χ4v) is 6.42. The van der Waals surface area contributed by atoms with E-state index in [1.807, 2.05) is 25.1 Å². The van der Waals surface area contributed by atoms with Crippen molar-refractivity contribution in [2.45, 2.75) is 56.5 Å². The molecule has 34 heavy (non-hydrogen) atoms. The average Bonchev–Trinajstić information content (AvgIpc) is 3.58. The summed E-state index contributed by atoms with van der Waals surface area (Å²) < 4.78 is 18.2. The summed E-state index contributed by atoms with van der Waals surface area (Å²) >= 11 is 3.12. The van der Waals surface area contributed by atoms with E-state index in [-0.39, 0.29) is 5.56 Å². The van der Waals surface area contributed by atoms with E-state index >= 15 is 0 Å². The maximum atomic E-state index is 13.7. The maximum Gasteiger partial charge on any atom is 0.263 e. The number of fused-ring (bicyclic) bond motifs is 3. The van der Waals surface area contributed by atoms with Gasteiger partial charge in [0.2, 0.25) is 11.8 Å². The third kappa shape index (κ3) is 4.32. The molecule has 0 atom stereocenters. The lowest BCUT2D eigenvalue weighted by atomic mass is 10.1. The van der Waals surface area contributed by atoms with Gasteiger partial charge in [-0.25, -0.2) is 4.98 Å². The van der Waals surface area contributed by atoms with E-state index < -0.39 is 0 Å². The van der Waals surface area contributed by atoms with Crippen LogP contribution in [0.1, 0.15) is 41.1 Å². The quantitative estimate of drug-likeness (QED) is 0.247. The Morgan fingerprint density at radius 2 is 1.97 bits per heavy atom. The topological polar surface area (TPSA) is 92.3 Å². The van der Waals surface area contributed by atoms with Crippen LogP contribution in [-0.4, -0.2) is 34.0 Å². The van der Waals surface area contributed by atoms with Gasteiger partial charge in [-0.15, -0.1) is 21.5 Å². The van der Waals surface area contributed by atoms with Crippen LogP contribution in [0.2, 0.25) is 0 Å². The summed E-state index contributed by atoms with van der Waals surface area (Å²) in [4.78, 5) is 20.8. The van der Waals surface area contributed by atoms with Crippen LogP contribution >= 0.6 is 23.1 Å². The van der Waals surface area contributed by atoms with Gasteiger partial charge in [0.15, 0.2) is 16.7 Å². The maximum absolute atomic E-state index is 13.7. The van der Waals surface area contributed by atoms with Crippen molar-refractivity contribution in [1.82, 2.24) is 19.7 Å². The van der Waals surface area contributed by atoms with Crippen LogP contribution in [0.25, 0.3) is 10.2 Å². The van der Waals surface area contributed by atoms with Crippen molar-refractivity contribution in [3.63, 3.8) is 0 Å². The molecule has 0 saturated carbocycles. The summed E-state index contributed by atoms with van der Waals surface area (Å²) in [7, 11) is 3.24. The SMILES string of the molecule is CCc1nnc(CSc2nc3sc4c(c3c(=O)n2CCc2ccc(OC)c(OC)c2)CCC4)o1. The molecule has 3 aromatic heterocycles. The molecule has 1 aliphatic carbocycles. The minimum atomic E-state index is 0.0344. The summed E-state index contributed by atoms with van der Waals surface area (Å²) in [6.07, 6.45) is 4.45. The summed E-state index contributed by atoms with van der Waals surface area (Å²) in [5.41, 5.74) is 2.28. The van der Waals surface area contributed by atoms with Crippen molar-refractivity contribution in [3.8, 4) is 11.5 Å². The number of hydrogen-bond donors (Lipinski definition) is 0. The molecule has 0 saturated heterocycles. The lowest BCUT2D eigenvalue weighted by Crippen LogP contribution is -2.24. The Balaban J connectivity index is 1.48. The molecule has 0 bridgehead atoms. The lowest BCUT2D eigenvalue weighted by Gasteiger charge is -2.13. The van der Waals surface area contributed by atoms with Gasteiger partial charge in [0.25, 0.3) is 5.56 Å². The highest BCUT2D eigenvalue weighted by Gasteiger charge is 2.23. The second kappa shape index (κ2) is 9.79. The molecule has 4 aromatic rings. The molecule has 0 fully saturated rings. The predicted octanol–water partition coefficient (Wildman–Crippen LogP) is 4.44. The van der Waals surface area contributed by atoms with E-state index in [0.717, 1.165) is 35.0 Å². The van der Waals surface area contributed by atoms with Crippen molar-refractivity contribution in [2.75, 3.05) is 14.2 Å². The normalized spacial score (nSPS) is 12.9. The third-order valence-electron chi connectivity index (χ3n) is 6.00. The largest absolute Gasteiger partial charge is 0.493 e. The van der Waals surface area contributed by atoms with Gasteiger partial charge in [0.05, 0.1) is 25.4 Å². The summed E-state index contributed by atoms with van der Waals surface area (Å²) in [6, 6.07) is 5.84. The Morgan fingerprint density at radius 3 is 2.74 bits per heavy atom. The first kappa shape index (κ1) is 22.9. The van der Waals surface area contributed by atoms with Crippen LogP contribution in [0, 0.1) is 0 Å². The highest BCUT2D eigenvalue weighted by molar-refractivity contribution is 7.98. The Bertz CT molecular complexity index is 1390. The Kier molecular flexibility index (Phi) is 6.60. The second-order valence-electron chi connectivity index (χ2n) is 8.06. The zero-order valence-electron chi connectivity index (χ0n) is 19.4. The molecule has 8 nitrogen and oxygen atoms in total. The van der Waals surface area contributed by atoms with Crippen LogP contribution in [0.5, 0.6) is 11.5 Å². The van der Waals surface area contributed by atoms with Crippen LogP contribution in [0.4, 0.5) is 0 Å². The Hall–Kier alpha value is -2.85. The number of nitrogens with zero attached hydrogens (tertiary/aromatic N) is 4. The molecule has 178 valence electrons. The van der Waals surface area contributed by atoms with Gasteiger partial charge in [-0.3, -0.25) is 9.36 Å². The van der Waals surface area contributed by atoms with Gasteiger partial charge < -0.3 is 13.9 Å². The molecule has 0 N–H and O–H groups in total. The first-order valence-electron chi connectivity index (χ1n) is 11.3. The van der Waals surface area contributed by atoms with Crippen LogP contribution < -0.4 is 15.0 Å². The first-order valence-corrected chi connectivity index (χ1v) is 13.1. The van der Waals surface area contributed by atoms with Crippen LogP contribution in [-0.2, 0) is 38.0 Å². The molecule has 1 aromatic carbocycles. The van der Waals surface area contributed by atoms with Gasteiger partial charge in [-0.05, 0) is 48.9 Å². The number of aromatic nitrogens is 4. The highest BCUT2D eigenvalue weighted by Crippen LogP contribution is 2.36. The van der Waals surface area contributed by atoms with E-state index in [1.54, 1.807) is 30.1 Å². The van der Waals surface area contributed by atoms with E-state index in [4.69, 9.17) is 18.9 Å². The summed E-state index contributed by atoms with van der Waals surface area (Å²) in [5, 5.41) is 9.62. The van der Waals surface area contributed by atoms with Gasteiger partial charge >= 0.3 is 0 Å². The Labute approximate surface area is 205 Å². The summed E-state index contributed by atoms with van der Waals surface area (Å²) in [6.45, 7) is 2.48. The average molecular weight is 499 g/mol. The number of hydrogen-bond acceptors (Lipinski definition) is 9. The number of methoxy groups -OCH3 is 2. The fourth-order valence-electron chi connectivity index (χ4n) is 4.26. The van der Waals surface area contributed by atoms with Crippen molar-refractivity contribution >= 4 is 33.3 Å². The number of thiophene rings is 1. The number of rotatable bonds is 9. The van der Waals surface area contributed by atoms with Gasteiger partial charge in [0, 0.05) is 17.8 Å². The monoisotopic (exact) mass is 498 g/mol. The molecule has 1 aliphatic rings. The molecule has 0 aliphatic heterocycles.